The predicted molar refractivity (Wildman–Crippen MR) is 333 cm³/mol. The van der Waals surface area contributed by atoms with Crippen molar-refractivity contribution >= 4 is 11.9 Å². The molecule has 0 aromatic heterocycles. The van der Waals surface area contributed by atoms with E-state index in [1.807, 2.05) is 6.08 Å². The third-order valence-corrected chi connectivity index (χ3v) is 15.6. The van der Waals surface area contributed by atoms with Gasteiger partial charge in [-0.25, -0.2) is 0 Å². The summed E-state index contributed by atoms with van der Waals surface area (Å²) in [6.45, 7) is 4.91. The van der Waals surface area contributed by atoms with Gasteiger partial charge in [0.25, 0.3) is 0 Å². The fourth-order valence-corrected chi connectivity index (χ4v) is 10.4. The molecule has 0 aliphatic rings. The van der Waals surface area contributed by atoms with Gasteiger partial charge in [0.05, 0.1) is 25.4 Å². The minimum absolute atomic E-state index is 0.00425. The highest BCUT2D eigenvalue weighted by atomic mass is 16.5. The molecule has 0 aromatic carbocycles. The first kappa shape index (κ1) is 73.8. The maximum Gasteiger partial charge on any atom is 0.305 e. The molecule has 1 amide bonds. The molecule has 0 aromatic rings. The fraction of sp³-hybridized carbons (Fsp3) is 0.857. The molecule has 0 spiro atoms. The first-order chi connectivity index (χ1) is 37.5. The third kappa shape index (κ3) is 61.0. The number of ether oxygens (including phenoxy) is 1. The van der Waals surface area contributed by atoms with Crippen LogP contribution in [0.25, 0.3) is 0 Å². The molecule has 0 aliphatic carbocycles. The van der Waals surface area contributed by atoms with Gasteiger partial charge in [-0.2, -0.15) is 0 Å². The predicted octanol–water partition coefficient (Wildman–Crippen LogP) is 21.7. The zero-order valence-corrected chi connectivity index (χ0v) is 51.0. The highest BCUT2D eigenvalue weighted by molar-refractivity contribution is 5.76. The third-order valence-electron chi connectivity index (χ3n) is 15.6. The Morgan fingerprint density at radius 3 is 1.01 bits per heavy atom. The maximum absolute atomic E-state index is 12.5. The van der Waals surface area contributed by atoms with Crippen molar-refractivity contribution in [3.05, 3.63) is 48.6 Å². The SMILES string of the molecule is CCCCCCCCC/C=C\CCCCCCCC(=O)OCCCCCCCCCCC/C=C\C/C=C\CCCCCCCCCCCCCCCC(=O)NC(CO)C(O)/C=C/CCCCCCCCCCCCCC. The van der Waals surface area contributed by atoms with Crippen molar-refractivity contribution in [1.29, 1.82) is 0 Å². The summed E-state index contributed by atoms with van der Waals surface area (Å²) in [5.41, 5.74) is 0. The van der Waals surface area contributed by atoms with Gasteiger partial charge in [-0.15, -0.1) is 0 Å². The molecule has 76 heavy (non-hydrogen) atoms. The van der Waals surface area contributed by atoms with Crippen LogP contribution >= 0.6 is 0 Å². The number of unbranched alkanes of at least 4 members (excludes halogenated alkanes) is 46. The molecule has 0 saturated heterocycles. The van der Waals surface area contributed by atoms with E-state index in [2.05, 4.69) is 55.6 Å². The number of allylic oxidation sites excluding steroid dienone is 7. The summed E-state index contributed by atoms with van der Waals surface area (Å²) in [4.78, 5) is 24.5. The smallest absolute Gasteiger partial charge is 0.305 e. The molecule has 2 unspecified atom stereocenters. The Morgan fingerprint density at radius 1 is 0.368 bits per heavy atom. The Labute approximate surface area is 474 Å². The molecule has 0 saturated carbocycles. The summed E-state index contributed by atoms with van der Waals surface area (Å²) in [6, 6.07) is -0.629. The van der Waals surface area contributed by atoms with Gasteiger partial charge < -0.3 is 20.3 Å². The van der Waals surface area contributed by atoms with Crippen molar-refractivity contribution in [1.82, 2.24) is 5.32 Å². The highest BCUT2D eigenvalue weighted by Gasteiger charge is 2.18. The average Bonchev–Trinajstić information content (AvgIpc) is 3.42. The monoisotopic (exact) mass is 1070 g/mol. The number of aliphatic hydroxyl groups is 2. The second kappa shape index (κ2) is 65.3. The second-order valence-corrected chi connectivity index (χ2v) is 23.1. The summed E-state index contributed by atoms with van der Waals surface area (Å²) in [5.74, 6) is -0.0639. The summed E-state index contributed by atoms with van der Waals surface area (Å²) in [6.07, 6.45) is 84.6. The largest absolute Gasteiger partial charge is 0.466 e. The molecule has 2 atom stereocenters. The number of rotatable bonds is 63. The maximum atomic E-state index is 12.5. The highest BCUT2D eigenvalue weighted by Crippen LogP contribution is 2.17. The van der Waals surface area contributed by atoms with Crippen molar-refractivity contribution in [2.24, 2.45) is 0 Å². The lowest BCUT2D eigenvalue weighted by Crippen LogP contribution is -2.45. The van der Waals surface area contributed by atoms with Crippen LogP contribution in [0.3, 0.4) is 0 Å². The van der Waals surface area contributed by atoms with Crippen LogP contribution in [0.1, 0.15) is 361 Å². The fourth-order valence-electron chi connectivity index (χ4n) is 10.4. The minimum atomic E-state index is -0.845. The van der Waals surface area contributed by atoms with Crippen molar-refractivity contribution in [3.63, 3.8) is 0 Å². The van der Waals surface area contributed by atoms with Crippen LogP contribution < -0.4 is 5.32 Å². The van der Waals surface area contributed by atoms with E-state index < -0.39 is 12.1 Å². The van der Waals surface area contributed by atoms with E-state index in [0.717, 1.165) is 51.4 Å². The van der Waals surface area contributed by atoms with Crippen LogP contribution in [0.5, 0.6) is 0 Å². The second-order valence-electron chi connectivity index (χ2n) is 23.1. The topological polar surface area (TPSA) is 95.9 Å². The molecule has 6 heteroatoms. The lowest BCUT2D eigenvalue weighted by Gasteiger charge is -2.20. The Balaban J connectivity index is 3.42. The number of amides is 1. The Bertz CT molecular complexity index is 1270. The number of carbonyl (C=O) groups excluding carboxylic acids is 2. The van der Waals surface area contributed by atoms with E-state index in [9.17, 15) is 19.8 Å². The number of carbonyl (C=O) groups is 2. The average molecular weight is 1070 g/mol. The van der Waals surface area contributed by atoms with Gasteiger partial charge in [-0.1, -0.05) is 306 Å². The number of hydrogen-bond acceptors (Lipinski definition) is 5. The lowest BCUT2D eigenvalue weighted by molar-refractivity contribution is -0.143. The van der Waals surface area contributed by atoms with Gasteiger partial charge in [0.2, 0.25) is 5.91 Å². The van der Waals surface area contributed by atoms with Crippen LogP contribution in [0.2, 0.25) is 0 Å². The number of aliphatic hydroxyl groups excluding tert-OH is 2. The van der Waals surface area contributed by atoms with Gasteiger partial charge in [0, 0.05) is 12.8 Å². The Kier molecular flexibility index (Phi) is 63.5. The quantitative estimate of drug-likeness (QED) is 0.0320. The molecule has 0 rings (SSSR count). The zero-order valence-electron chi connectivity index (χ0n) is 51.0. The number of hydrogen-bond donors (Lipinski definition) is 3. The Hall–Kier alpha value is -2.18. The van der Waals surface area contributed by atoms with Gasteiger partial charge in [0.15, 0.2) is 0 Å². The van der Waals surface area contributed by atoms with Crippen molar-refractivity contribution < 1.29 is 24.5 Å². The molecule has 0 fully saturated rings. The van der Waals surface area contributed by atoms with E-state index in [1.54, 1.807) is 6.08 Å². The van der Waals surface area contributed by atoms with Crippen LogP contribution in [0, 0.1) is 0 Å². The van der Waals surface area contributed by atoms with E-state index in [-0.39, 0.29) is 18.5 Å². The Morgan fingerprint density at radius 2 is 0.658 bits per heavy atom. The summed E-state index contributed by atoms with van der Waals surface area (Å²) < 4.78 is 5.49. The molecule has 0 heterocycles. The summed E-state index contributed by atoms with van der Waals surface area (Å²) >= 11 is 0. The van der Waals surface area contributed by atoms with Gasteiger partial charge in [0.1, 0.15) is 0 Å². The van der Waals surface area contributed by atoms with E-state index >= 15 is 0 Å². The van der Waals surface area contributed by atoms with E-state index in [0.29, 0.717) is 19.4 Å². The number of esters is 1. The van der Waals surface area contributed by atoms with Crippen LogP contribution in [0.4, 0.5) is 0 Å². The molecule has 6 nitrogen and oxygen atoms in total. The molecule has 0 aliphatic heterocycles. The summed E-state index contributed by atoms with van der Waals surface area (Å²) in [5, 5.41) is 23.1. The van der Waals surface area contributed by atoms with Crippen molar-refractivity contribution in [3.8, 4) is 0 Å². The minimum Gasteiger partial charge on any atom is -0.466 e. The molecule has 3 N–H and O–H groups in total. The van der Waals surface area contributed by atoms with Crippen molar-refractivity contribution in [2.75, 3.05) is 13.2 Å². The van der Waals surface area contributed by atoms with Crippen LogP contribution in [0.15, 0.2) is 48.6 Å². The first-order valence-electron chi connectivity index (χ1n) is 33.9. The van der Waals surface area contributed by atoms with Gasteiger partial charge >= 0.3 is 5.97 Å². The summed E-state index contributed by atoms with van der Waals surface area (Å²) in [7, 11) is 0. The molecular formula is C70H131NO5. The van der Waals surface area contributed by atoms with Gasteiger partial charge in [-0.3, -0.25) is 9.59 Å². The first-order valence-corrected chi connectivity index (χ1v) is 33.9. The number of nitrogens with one attached hydrogen (secondary N) is 1. The molecular weight excluding hydrogens is 935 g/mol. The van der Waals surface area contributed by atoms with Gasteiger partial charge in [-0.05, 0) is 89.9 Å². The van der Waals surface area contributed by atoms with Crippen LogP contribution in [-0.2, 0) is 14.3 Å². The van der Waals surface area contributed by atoms with E-state index in [4.69, 9.17) is 4.74 Å². The molecule has 0 radical (unpaired) electrons. The molecule has 446 valence electrons. The normalized spacial score (nSPS) is 12.8. The molecule has 0 bridgehead atoms. The zero-order chi connectivity index (χ0) is 55.0. The van der Waals surface area contributed by atoms with Crippen molar-refractivity contribution in [2.45, 2.75) is 373 Å². The van der Waals surface area contributed by atoms with E-state index in [1.165, 1.54) is 283 Å². The van der Waals surface area contributed by atoms with Crippen LogP contribution in [-0.4, -0.2) is 47.4 Å². The lowest BCUT2D eigenvalue weighted by atomic mass is 10.0. The standard InChI is InChI=1S/C70H131NO5/c1-3-5-7-9-11-13-15-17-19-36-40-44-48-52-56-60-64-70(75)76-65-61-57-53-49-45-41-37-34-32-30-28-26-24-22-20-21-23-25-27-29-31-33-35-39-43-47-51-55-59-63-69(74)71-67(66-72)68(73)62-58-54-50-46-42-38-18-16-14-12-10-8-6-4-2/h19-20,22,26,28,36,58,62,67-68,72-73H,3-18,21,23-25,27,29-35,37-57,59-61,63-66H2,1-2H3,(H,71,74)/b22-20-,28-26-,36-19-,62-58+.